The minimum atomic E-state index is -0.567. The minimum Gasteiger partial charge on any atom is -0.310 e. The molecule has 0 fully saturated rings. The first-order chi connectivity index (χ1) is 48.5. The molecule has 1 spiro atoms. The number of nitrogens with zero attached hydrogens (tertiary/aromatic N) is 2. The van der Waals surface area contributed by atoms with E-state index in [2.05, 4.69) is 388 Å². The maximum atomic E-state index is 2.73. The van der Waals surface area contributed by atoms with Crippen molar-refractivity contribution >= 4 is 57.2 Å². The number of benzene rings is 14. The Morgan fingerprint density at radius 2 is 0.600 bits per heavy atom. The highest BCUT2D eigenvalue weighted by Gasteiger charge is 2.53. The monoisotopic (exact) mass is 1280 g/mol. The largest absolute Gasteiger partial charge is 0.310 e. The van der Waals surface area contributed by atoms with Gasteiger partial charge in [0.05, 0.1) is 16.8 Å². The summed E-state index contributed by atoms with van der Waals surface area (Å²) in [5, 5.41) is 0. The van der Waals surface area contributed by atoms with Gasteiger partial charge in [-0.1, -0.05) is 353 Å². The van der Waals surface area contributed by atoms with Gasteiger partial charge in [-0.05, 0) is 163 Å². The van der Waals surface area contributed by atoms with Crippen LogP contribution >= 0.6 is 0 Å². The Labute approximate surface area is 590 Å². The van der Waals surface area contributed by atoms with Crippen LogP contribution in [0.25, 0.3) is 89.0 Å². The van der Waals surface area contributed by atoms with Gasteiger partial charge in [0.2, 0.25) is 0 Å². The molecule has 0 amide bonds. The zero-order valence-corrected chi connectivity index (χ0v) is 58.5. The summed E-state index contributed by atoms with van der Waals surface area (Å²) in [6.45, 7) is 21.1. The van der Waals surface area contributed by atoms with Gasteiger partial charge in [-0.2, -0.15) is 0 Å². The van der Waals surface area contributed by atoms with E-state index in [1.54, 1.807) is 0 Å². The minimum absolute atomic E-state index is 0.0848. The van der Waals surface area contributed by atoms with Crippen LogP contribution < -0.4 is 26.2 Å². The van der Waals surface area contributed by atoms with Crippen molar-refractivity contribution in [1.82, 2.24) is 0 Å². The molecular weight excluding hydrogens is 1200 g/mol. The van der Waals surface area contributed by atoms with Crippen LogP contribution in [-0.4, -0.2) is 6.71 Å². The average Bonchev–Trinajstić information content (AvgIpc) is 1.27. The zero-order chi connectivity index (χ0) is 68.0. The van der Waals surface area contributed by atoms with E-state index < -0.39 is 5.41 Å². The van der Waals surface area contributed by atoms with Gasteiger partial charge in [0.1, 0.15) is 0 Å². The Balaban J connectivity index is 1.00. The molecule has 0 radical (unpaired) electrons. The van der Waals surface area contributed by atoms with Crippen molar-refractivity contribution in [3.8, 4) is 89.0 Å². The lowest BCUT2D eigenvalue weighted by molar-refractivity contribution is 0.569. The van der Waals surface area contributed by atoms with Gasteiger partial charge >= 0.3 is 0 Å². The van der Waals surface area contributed by atoms with Crippen molar-refractivity contribution in [3.63, 3.8) is 0 Å². The third kappa shape index (κ3) is 9.45. The van der Waals surface area contributed by atoms with E-state index in [0.717, 1.165) is 50.4 Å². The van der Waals surface area contributed by atoms with Crippen molar-refractivity contribution in [2.75, 3.05) is 9.80 Å². The maximum absolute atomic E-state index is 2.73. The van der Waals surface area contributed by atoms with Gasteiger partial charge in [-0.15, -0.1) is 0 Å². The number of fused-ring (bicyclic) bond motifs is 14. The number of rotatable bonds is 8. The van der Waals surface area contributed by atoms with E-state index in [0.29, 0.717) is 0 Å². The van der Waals surface area contributed by atoms with Crippen LogP contribution in [0.1, 0.15) is 101 Å². The predicted molar refractivity (Wildman–Crippen MR) is 425 cm³/mol. The van der Waals surface area contributed by atoms with Gasteiger partial charge in [-0.25, -0.2) is 0 Å². The van der Waals surface area contributed by atoms with Crippen LogP contribution in [-0.2, 0) is 21.7 Å². The molecule has 0 bridgehead atoms. The highest BCUT2D eigenvalue weighted by molar-refractivity contribution is 7.00. The fourth-order valence-electron chi connectivity index (χ4n) is 17.3. The van der Waals surface area contributed by atoms with E-state index in [9.17, 15) is 0 Å². The van der Waals surface area contributed by atoms with E-state index in [-0.39, 0.29) is 23.0 Å². The summed E-state index contributed by atoms with van der Waals surface area (Å²) < 4.78 is 0. The molecule has 0 saturated carbocycles. The topological polar surface area (TPSA) is 6.48 Å². The normalized spacial score (nSPS) is 13.7. The second kappa shape index (κ2) is 22.9. The summed E-state index contributed by atoms with van der Waals surface area (Å²) in [7, 11) is 0. The van der Waals surface area contributed by atoms with E-state index in [4.69, 9.17) is 0 Å². The summed E-state index contributed by atoms with van der Waals surface area (Å²) >= 11 is 0. The number of anilines is 6. The molecule has 0 N–H and O–H groups in total. The van der Waals surface area contributed by atoms with E-state index in [1.807, 2.05) is 0 Å². The Morgan fingerprint density at radius 3 is 1.04 bits per heavy atom. The molecule has 0 aromatic heterocycles. The first-order valence-electron chi connectivity index (χ1n) is 35.7. The van der Waals surface area contributed by atoms with E-state index in [1.165, 1.54) is 128 Å². The molecule has 4 aliphatic rings. The third-order valence-electron chi connectivity index (χ3n) is 22.1. The first kappa shape index (κ1) is 61.1. The molecule has 2 aliphatic carbocycles. The standard InChI is InChI=1S/C97H79BN2/c1-94(2,3)69-55-68(56-70(59-69)95(4,5)6)66-52-54-86-85(57-66)98-84-53-51-67(72-42-28-47-80-79-41-24-27-50-83(79)97(90(72)80)81-48-25-22-39-77(81)78-40-23-26-49-82(78)97)58-87(84)100(93-75(64-35-18-12-19-36-64)45-30-46-76(93)65-37-20-13-21-38-65)89-61-71(96(7,8)9)60-88(91(89)98)99(86)92-73(62-31-14-10-15-32-62)43-29-44-74(92)63-33-16-11-17-34-63/h10-61H,1-9H3. The Kier molecular flexibility index (Phi) is 14.0. The summed E-state index contributed by atoms with van der Waals surface area (Å²) in [6.07, 6.45) is 0. The van der Waals surface area contributed by atoms with Gasteiger partial charge in [0, 0.05) is 45.0 Å². The molecule has 2 heterocycles. The SMILES string of the molecule is CC(C)(C)c1cc(-c2ccc3c(c2)B2c4ccc(-c5cccc6c5C5(c7ccccc7-c7ccccc75)c5ccccc5-6)cc4N(c4c(-c5ccccc5)cccc4-c4ccccc4)c4cc(C(C)(C)C)cc(c42)N3c2c(-c3ccccc3)cccc2-c2ccccc2)cc(C(C)(C)C)c1. The van der Waals surface area contributed by atoms with Crippen LogP contribution in [0.4, 0.5) is 34.1 Å². The summed E-state index contributed by atoms with van der Waals surface area (Å²) in [6, 6.07) is 121. The summed E-state index contributed by atoms with van der Waals surface area (Å²) in [4.78, 5) is 5.43. The molecule has 3 heteroatoms. The van der Waals surface area contributed by atoms with Crippen LogP contribution in [0, 0.1) is 0 Å². The van der Waals surface area contributed by atoms with Crippen molar-refractivity contribution in [2.45, 2.75) is 84.0 Å². The van der Waals surface area contributed by atoms with Gasteiger partial charge in [-0.3, -0.25) is 0 Å². The summed E-state index contributed by atoms with van der Waals surface area (Å²) in [5.74, 6) is 0. The van der Waals surface area contributed by atoms with Gasteiger partial charge in [0.15, 0.2) is 0 Å². The third-order valence-corrected chi connectivity index (χ3v) is 22.1. The molecule has 14 aromatic carbocycles. The van der Waals surface area contributed by atoms with Crippen molar-refractivity contribution < 1.29 is 0 Å². The predicted octanol–water partition coefficient (Wildman–Crippen LogP) is 24.0. The second-order valence-corrected chi connectivity index (χ2v) is 31.1. The fourth-order valence-corrected chi connectivity index (χ4v) is 17.3. The number of hydrogen-bond donors (Lipinski definition) is 0. The Morgan fingerprint density at radius 1 is 0.240 bits per heavy atom. The second-order valence-electron chi connectivity index (χ2n) is 31.1. The lowest BCUT2D eigenvalue weighted by Gasteiger charge is -2.46. The van der Waals surface area contributed by atoms with Crippen LogP contribution in [0.3, 0.4) is 0 Å². The smallest absolute Gasteiger partial charge is 0.252 e. The maximum Gasteiger partial charge on any atom is 0.252 e. The van der Waals surface area contributed by atoms with Gasteiger partial charge < -0.3 is 9.80 Å². The van der Waals surface area contributed by atoms with Crippen LogP contribution in [0.2, 0.25) is 0 Å². The number of hydrogen-bond acceptors (Lipinski definition) is 2. The average molecular weight is 1280 g/mol. The van der Waals surface area contributed by atoms with Crippen molar-refractivity contribution in [1.29, 1.82) is 0 Å². The van der Waals surface area contributed by atoms with Gasteiger partial charge in [0.25, 0.3) is 6.71 Å². The quantitative estimate of drug-likeness (QED) is 0.140. The fraction of sp³-hybridized carbons (Fsp3) is 0.134. The summed E-state index contributed by atoms with van der Waals surface area (Å²) in [5.41, 5.74) is 38.3. The Hall–Kier alpha value is -11.3. The van der Waals surface area contributed by atoms with Crippen molar-refractivity contribution in [3.05, 3.63) is 354 Å². The molecule has 2 aliphatic heterocycles. The molecule has 480 valence electrons. The molecule has 0 saturated heterocycles. The highest BCUT2D eigenvalue weighted by atomic mass is 15.2. The van der Waals surface area contributed by atoms with Crippen molar-refractivity contribution in [2.24, 2.45) is 0 Å². The van der Waals surface area contributed by atoms with Crippen LogP contribution in [0.15, 0.2) is 315 Å². The zero-order valence-electron chi connectivity index (χ0n) is 58.5. The molecule has 0 atom stereocenters. The molecular formula is C97H79BN2. The lowest BCUT2D eigenvalue weighted by Crippen LogP contribution is -2.61. The molecule has 100 heavy (non-hydrogen) atoms. The Bertz CT molecular complexity index is 5400. The molecule has 2 nitrogen and oxygen atoms in total. The first-order valence-corrected chi connectivity index (χ1v) is 35.7. The number of para-hydroxylation sites is 2. The molecule has 18 rings (SSSR count). The van der Waals surface area contributed by atoms with Crippen LogP contribution in [0.5, 0.6) is 0 Å². The lowest BCUT2D eigenvalue weighted by atomic mass is 9.33. The van der Waals surface area contributed by atoms with E-state index >= 15 is 0 Å². The highest BCUT2D eigenvalue weighted by Crippen LogP contribution is 2.65. The molecule has 0 unspecified atom stereocenters. The molecule has 14 aromatic rings.